The molecular weight excluding hydrogens is 438 g/mol. The summed E-state index contributed by atoms with van der Waals surface area (Å²) in [7, 11) is 0. The summed E-state index contributed by atoms with van der Waals surface area (Å²) >= 11 is 3.41. The van der Waals surface area contributed by atoms with Gasteiger partial charge in [0.25, 0.3) is 0 Å². The van der Waals surface area contributed by atoms with E-state index >= 15 is 0 Å². The smallest absolute Gasteiger partial charge is 0.440 e. The first-order chi connectivity index (χ1) is 14.0. The van der Waals surface area contributed by atoms with E-state index in [9.17, 15) is 9.59 Å². The van der Waals surface area contributed by atoms with E-state index in [4.69, 9.17) is 15.7 Å². The van der Waals surface area contributed by atoms with Gasteiger partial charge in [-0.05, 0) is 35.9 Å². The molecule has 0 saturated carbocycles. The maximum Gasteiger partial charge on any atom is 0.440 e. The van der Waals surface area contributed by atoms with Crippen molar-refractivity contribution >= 4 is 26.8 Å². The Bertz CT molecular complexity index is 1320. The van der Waals surface area contributed by atoms with E-state index < -0.39 is 11.4 Å². The maximum atomic E-state index is 11.8. The number of terminal acetylenes is 1. The van der Waals surface area contributed by atoms with Gasteiger partial charge in [0.1, 0.15) is 12.4 Å². The fourth-order valence-electron chi connectivity index (χ4n) is 3.12. The average molecular weight is 454 g/mol. The lowest BCUT2D eigenvalue weighted by Crippen LogP contribution is -2.17. The van der Waals surface area contributed by atoms with Crippen LogP contribution in [0.15, 0.2) is 67.2 Å². The maximum absolute atomic E-state index is 11.8. The number of ether oxygens (including phenoxy) is 1. The van der Waals surface area contributed by atoms with Gasteiger partial charge >= 0.3 is 11.4 Å². The molecule has 0 radical (unpaired) electrons. The molecular formula is C21H16BrN3O4. The van der Waals surface area contributed by atoms with Crippen LogP contribution in [0.2, 0.25) is 0 Å². The number of benzene rings is 2. The van der Waals surface area contributed by atoms with Crippen molar-refractivity contribution in [2.45, 2.75) is 19.7 Å². The lowest BCUT2D eigenvalue weighted by Gasteiger charge is -2.08. The third-order valence-corrected chi connectivity index (χ3v) is 4.99. The van der Waals surface area contributed by atoms with Crippen LogP contribution >= 0.6 is 15.9 Å². The largest absolute Gasteiger partial charge is 0.489 e. The Kier molecular flexibility index (Phi) is 5.14. The van der Waals surface area contributed by atoms with Crippen LogP contribution in [0.4, 0.5) is 0 Å². The molecule has 0 fully saturated rings. The molecule has 0 unspecified atom stereocenters. The van der Waals surface area contributed by atoms with E-state index in [1.165, 1.54) is 0 Å². The summed E-state index contributed by atoms with van der Waals surface area (Å²) in [6.07, 6.45) is 7.32. The molecule has 0 amide bonds. The molecule has 2 aromatic carbocycles. The fraction of sp³-hybridized carbons (Fsp3) is 0.143. The molecule has 0 aliphatic rings. The topological polar surface area (TPSA) is 82.2 Å². The van der Waals surface area contributed by atoms with Crippen LogP contribution in [0.25, 0.3) is 10.9 Å². The number of hydrogen-bond donors (Lipinski definition) is 1. The van der Waals surface area contributed by atoms with Crippen molar-refractivity contribution in [1.29, 1.82) is 0 Å². The van der Waals surface area contributed by atoms with E-state index in [-0.39, 0.29) is 6.54 Å². The number of hydrogen-bond acceptors (Lipinski definition) is 4. The molecule has 2 heterocycles. The van der Waals surface area contributed by atoms with Gasteiger partial charge in [0.15, 0.2) is 0 Å². The highest BCUT2D eigenvalue weighted by atomic mass is 79.9. The first-order valence-corrected chi connectivity index (χ1v) is 9.56. The van der Waals surface area contributed by atoms with Gasteiger partial charge in [0.2, 0.25) is 0 Å². The number of fused-ring (bicyclic) bond motifs is 1. The van der Waals surface area contributed by atoms with Crippen molar-refractivity contribution in [2.24, 2.45) is 0 Å². The van der Waals surface area contributed by atoms with Crippen LogP contribution in [0.3, 0.4) is 0 Å². The number of nitrogens with zero attached hydrogens (tertiary/aromatic N) is 2. The Morgan fingerprint density at radius 1 is 1.17 bits per heavy atom. The van der Waals surface area contributed by atoms with E-state index in [0.717, 1.165) is 31.2 Å². The third kappa shape index (κ3) is 4.05. The van der Waals surface area contributed by atoms with E-state index in [0.29, 0.717) is 18.9 Å². The molecule has 7 nitrogen and oxygen atoms in total. The summed E-state index contributed by atoms with van der Waals surface area (Å²) in [5.41, 5.74) is 2.13. The van der Waals surface area contributed by atoms with Crippen molar-refractivity contribution in [3.63, 3.8) is 0 Å². The van der Waals surface area contributed by atoms with Gasteiger partial charge in [0.05, 0.1) is 13.1 Å². The van der Waals surface area contributed by atoms with E-state index in [1.807, 2.05) is 53.2 Å². The zero-order valence-corrected chi connectivity index (χ0v) is 16.8. The minimum atomic E-state index is -0.791. The monoisotopic (exact) mass is 453 g/mol. The molecule has 2 aromatic heterocycles. The second-order valence-corrected chi connectivity index (χ2v) is 7.34. The third-order valence-electron chi connectivity index (χ3n) is 4.46. The van der Waals surface area contributed by atoms with Crippen LogP contribution in [0.1, 0.15) is 11.1 Å². The second-order valence-electron chi connectivity index (χ2n) is 6.43. The Labute approximate surface area is 173 Å². The van der Waals surface area contributed by atoms with Crippen molar-refractivity contribution in [1.82, 2.24) is 14.3 Å². The van der Waals surface area contributed by atoms with Gasteiger partial charge in [-0.25, -0.2) is 14.6 Å². The predicted molar refractivity (Wildman–Crippen MR) is 112 cm³/mol. The molecule has 1 N–H and O–H groups in total. The highest BCUT2D eigenvalue weighted by molar-refractivity contribution is 9.10. The zero-order chi connectivity index (χ0) is 20.4. The van der Waals surface area contributed by atoms with Gasteiger partial charge in [-0.1, -0.05) is 34.0 Å². The quantitative estimate of drug-likeness (QED) is 0.454. The van der Waals surface area contributed by atoms with Crippen molar-refractivity contribution < 1.29 is 9.26 Å². The summed E-state index contributed by atoms with van der Waals surface area (Å²) in [5.74, 6) is 2.51. The molecule has 146 valence electrons. The van der Waals surface area contributed by atoms with Crippen LogP contribution in [0.5, 0.6) is 5.75 Å². The van der Waals surface area contributed by atoms with Crippen molar-refractivity contribution in [3.05, 3.63) is 85.3 Å². The lowest BCUT2D eigenvalue weighted by molar-refractivity contribution is 0.258. The predicted octanol–water partition coefficient (Wildman–Crippen LogP) is 3.11. The summed E-state index contributed by atoms with van der Waals surface area (Å²) in [4.78, 5) is 25.2. The van der Waals surface area contributed by atoms with Gasteiger partial charge in [0, 0.05) is 27.1 Å². The van der Waals surface area contributed by atoms with Gasteiger partial charge < -0.3 is 13.8 Å². The molecule has 8 heteroatoms. The molecule has 0 aliphatic carbocycles. The Morgan fingerprint density at radius 3 is 2.66 bits per heavy atom. The number of H-pyrrole nitrogens is 1. The standard InChI is InChI=1S/C21H16BrN3O4/c1-2-9-24-11-15(12-25-20(26)23-21(27)29-25)18-10-17(7-8-19(18)24)28-13-14-3-5-16(22)6-4-14/h1,3-8,10-11H,9,12-13H2,(H,23,26,27). The SMILES string of the molecule is C#CCn1cc(Cn2oc(=O)[nH]c2=O)c2cc(OCc3ccc(Br)cc3)ccc21. The number of aromatic nitrogens is 3. The number of aromatic amines is 1. The molecule has 0 aliphatic heterocycles. The first-order valence-electron chi connectivity index (χ1n) is 8.76. The average Bonchev–Trinajstić information content (AvgIpc) is 3.20. The minimum Gasteiger partial charge on any atom is -0.489 e. The summed E-state index contributed by atoms with van der Waals surface area (Å²) < 4.78 is 14.7. The molecule has 4 rings (SSSR count). The molecule has 0 saturated heterocycles. The Morgan fingerprint density at radius 2 is 1.97 bits per heavy atom. The summed E-state index contributed by atoms with van der Waals surface area (Å²) in [5, 5.41) is 0.865. The number of nitrogens with one attached hydrogen (secondary N) is 1. The number of halogens is 1. The molecule has 0 atom stereocenters. The van der Waals surface area contributed by atoms with Crippen LogP contribution in [-0.2, 0) is 19.7 Å². The molecule has 4 aromatic rings. The molecule has 29 heavy (non-hydrogen) atoms. The minimum absolute atomic E-state index is 0.0990. The Balaban J connectivity index is 1.67. The van der Waals surface area contributed by atoms with E-state index in [2.05, 4.69) is 26.8 Å². The lowest BCUT2D eigenvalue weighted by atomic mass is 10.1. The highest BCUT2D eigenvalue weighted by Crippen LogP contribution is 2.27. The van der Waals surface area contributed by atoms with Crippen LogP contribution < -0.4 is 16.2 Å². The Hall–Kier alpha value is -3.44. The first kappa shape index (κ1) is 18.9. The molecule has 0 bridgehead atoms. The van der Waals surface area contributed by atoms with Gasteiger partial charge in [-0.2, -0.15) is 0 Å². The summed E-state index contributed by atoms with van der Waals surface area (Å²) in [6, 6.07) is 13.6. The molecule has 0 spiro atoms. The van der Waals surface area contributed by atoms with Crippen molar-refractivity contribution in [3.8, 4) is 18.1 Å². The second kappa shape index (κ2) is 7.89. The van der Waals surface area contributed by atoms with Gasteiger partial charge in [-0.3, -0.25) is 0 Å². The number of rotatable bonds is 6. The zero-order valence-electron chi connectivity index (χ0n) is 15.2. The van der Waals surface area contributed by atoms with Crippen LogP contribution in [-0.4, -0.2) is 14.3 Å². The van der Waals surface area contributed by atoms with Crippen LogP contribution in [0, 0.1) is 12.3 Å². The highest BCUT2D eigenvalue weighted by Gasteiger charge is 2.13. The normalized spacial score (nSPS) is 10.9. The summed E-state index contributed by atoms with van der Waals surface area (Å²) in [6.45, 7) is 0.898. The van der Waals surface area contributed by atoms with Crippen molar-refractivity contribution in [2.75, 3.05) is 0 Å². The van der Waals surface area contributed by atoms with Gasteiger partial charge in [-0.15, -0.1) is 11.2 Å². The van der Waals surface area contributed by atoms with E-state index in [1.54, 1.807) is 0 Å². The fourth-order valence-corrected chi connectivity index (χ4v) is 3.38.